The molecule has 0 aliphatic carbocycles. The highest BCUT2D eigenvalue weighted by molar-refractivity contribution is 5.96. The monoisotopic (exact) mass is 383 g/mol. The van der Waals surface area contributed by atoms with Crippen molar-refractivity contribution in [3.63, 3.8) is 0 Å². The first-order chi connectivity index (χ1) is 13.1. The fraction of sp³-hybridized carbons (Fsp3) is 0.364. The number of nitrogens with one attached hydrogen (secondary N) is 3. The summed E-state index contributed by atoms with van der Waals surface area (Å²) in [5, 5.41) is 8.81. The highest BCUT2D eigenvalue weighted by Gasteiger charge is 2.21. The molecule has 2 amide bonds. The zero-order valence-electron chi connectivity index (χ0n) is 17.1. The molecule has 0 aromatic heterocycles. The Labute approximate surface area is 166 Å². The lowest BCUT2D eigenvalue weighted by Crippen LogP contribution is -2.27. The molecule has 0 saturated heterocycles. The second kappa shape index (κ2) is 9.26. The van der Waals surface area contributed by atoms with Crippen molar-refractivity contribution in [2.24, 2.45) is 5.41 Å². The first-order valence-electron chi connectivity index (χ1n) is 9.36. The summed E-state index contributed by atoms with van der Waals surface area (Å²) in [7, 11) is 0. The van der Waals surface area contributed by atoms with Crippen LogP contribution in [0, 0.1) is 5.41 Å². The van der Waals surface area contributed by atoms with E-state index in [0.717, 1.165) is 5.69 Å². The van der Waals surface area contributed by atoms with E-state index in [9.17, 15) is 9.59 Å². The van der Waals surface area contributed by atoms with Crippen LogP contribution in [0.4, 0.5) is 17.1 Å². The molecule has 0 heterocycles. The number of carbonyl (C=O) groups excluding carboxylic acids is 2. The Bertz CT molecular complexity index is 826. The van der Waals surface area contributed by atoms with Gasteiger partial charge in [0.15, 0.2) is 0 Å². The third kappa shape index (κ3) is 6.61. The highest BCUT2D eigenvalue weighted by Crippen LogP contribution is 2.25. The minimum Gasteiger partial charge on any atom is -0.489 e. The zero-order chi connectivity index (χ0) is 20.7. The van der Waals surface area contributed by atoms with Crippen molar-refractivity contribution < 1.29 is 14.3 Å². The molecule has 28 heavy (non-hydrogen) atoms. The van der Waals surface area contributed by atoms with E-state index < -0.39 is 5.41 Å². The van der Waals surface area contributed by atoms with Crippen LogP contribution >= 0.6 is 0 Å². The number of benzene rings is 2. The standard InChI is InChI=1S/C22H29N3O3/c1-15(2)28-19-12-7-6-11-18(19)25-20(26)14-23-16-9-8-10-17(13-16)24-21(27)22(3,4)5/h6-13,15,23H,14H2,1-5H3,(H,24,27)(H,25,26). The van der Waals surface area contributed by atoms with Crippen LogP contribution in [0.15, 0.2) is 48.5 Å². The quantitative estimate of drug-likeness (QED) is 0.657. The summed E-state index contributed by atoms with van der Waals surface area (Å²) in [4.78, 5) is 24.4. The van der Waals surface area contributed by atoms with E-state index in [-0.39, 0.29) is 24.5 Å². The minimum absolute atomic E-state index is 0.0159. The van der Waals surface area contributed by atoms with E-state index in [0.29, 0.717) is 17.1 Å². The maximum atomic E-state index is 12.3. The van der Waals surface area contributed by atoms with Gasteiger partial charge in [-0.1, -0.05) is 39.0 Å². The smallest absolute Gasteiger partial charge is 0.243 e. The van der Waals surface area contributed by atoms with Gasteiger partial charge >= 0.3 is 0 Å². The van der Waals surface area contributed by atoms with Gasteiger partial charge in [-0.15, -0.1) is 0 Å². The van der Waals surface area contributed by atoms with E-state index in [1.54, 1.807) is 12.1 Å². The van der Waals surface area contributed by atoms with Crippen LogP contribution in [-0.2, 0) is 9.59 Å². The number of carbonyl (C=O) groups is 2. The van der Waals surface area contributed by atoms with Crippen LogP contribution in [0.25, 0.3) is 0 Å². The summed E-state index contributed by atoms with van der Waals surface area (Å²) in [6.45, 7) is 9.53. The fourth-order valence-corrected chi connectivity index (χ4v) is 2.33. The summed E-state index contributed by atoms with van der Waals surface area (Å²) in [5.74, 6) is 0.380. The number of hydrogen-bond donors (Lipinski definition) is 3. The van der Waals surface area contributed by atoms with Gasteiger partial charge in [0.1, 0.15) is 5.75 Å². The van der Waals surface area contributed by atoms with Gasteiger partial charge in [0.05, 0.1) is 18.3 Å². The predicted molar refractivity (Wildman–Crippen MR) is 114 cm³/mol. The predicted octanol–water partition coefficient (Wildman–Crippen LogP) is 4.51. The molecule has 0 unspecified atom stereocenters. The topological polar surface area (TPSA) is 79.5 Å². The normalized spacial score (nSPS) is 11.1. The van der Waals surface area contributed by atoms with Crippen molar-refractivity contribution in [2.75, 3.05) is 22.5 Å². The Morgan fingerprint density at radius 1 is 0.964 bits per heavy atom. The average Bonchev–Trinajstić information content (AvgIpc) is 2.61. The van der Waals surface area contributed by atoms with Crippen molar-refractivity contribution in [3.8, 4) is 5.75 Å². The number of rotatable bonds is 7. The molecule has 0 saturated carbocycles. The Kier molecular flexibility index (Phi) is 7.04. The van der Waals surface area contributed by atoms with Crippen LogP contribution in [-0.4, -0.2) is 24.5 Å². The number of ether oxygens (including phenoxy) is 1. The van der Waals surface area contributed by atoms with Crippen LogP contribution in [0.5, 0.6) is 5.75 Å². The third-order valence-corrected chi connectivity index (χ3v) is 3.78. The average molecular weight is 383 g/mol. The number of amides is 2. The molecule has 6 nitrogen and oxygen atoms in total. The van der Waals surface area contributed by atoms with Gasteiger partial charge in [-0.05, 0) is 44.2 Å². The largest absolute Gasteiger partial charge is 0.489 e. The maximum Gasteiger partial charge on any atom is 0.243 e. The first kappa shape index (κ1) is 21.3. The van der Waals surface area contributed by atoms with Gasteiger partial charge < -0.3 is 20.7 Å². The second-order valence-corrected chi connectivity index (χ2v) is 7.85. The zero-order valence-corrected chi connectivity index (χ0v) is 17.1. The SMILES string of the molecule is CC(C)Oc1ccccc1NC(=O)CNc1cccc(NC(=O)C(C)(C)C)c1. The molecule has 2 aromatic rings. The van der Waals surface area contributed by atoms with Crippen molar-refractivity contribution >= 4 is 28.9 Å². The van der Waals surface area contributed by atoms with Crippen LogP contribution in [0.2, 0.25) is 0 Å². The lowest BCUT2D eigenvalue weighted by atomic mass is 9.95. The fourth-order valence-electron chi connectivity index (χ4n) is 2.33. The van der Waals surface area contributed by atoms with E-state index in [1.807, 2.05) is 71.0 Å². The molecule has 6 heteroatoms. The van der Waals surface area contributed by atoms with Gasteiger partial charge in [0.2, 0.25) is 11.8 Å². The molecule has 2 rings (SSSR count). The summed E-state index contributed by atoms with van der Waals surface area (Å²) in [6, 6.07) is 14.6. The first-order valence-corrected chi connectivity index (χ1v) is 9.36. The van der Waals surface area contributed by atoms with Crippen LogP contribution in [0.1, 0.15) is 34.6 Å². The molecule has 0 radical (unpaired) electrons. The Morgan fingerprint density at radius 3 is 2.32 bits per heavy atom. The third-order valence-electron chi connectivity index (χ3n) is 3.78. The van der Waals surface area contributed by atoms with Crippen LogP contribution in [0.3, 0.4) is 0 Å². The number of hydrogen-bond acceptors (Lipinski definition) is 4. The number of para-hydroxylation sites is 2. The molecule has 0 aliphatic rings. The molecule has 150 valence electrons. The van der Waals surface area contributed by atoms with E-state index >= 15 is 0 Å². The van der Waals surface area contributed by atoms with Crippen molar-refractivity contribution in [1.82, 2.24) is 0 Å². The molecule has 0 bridgehead atoms. The molecular formula is C22H29N3O3. The highest BCUT2D eigenvalue weighted by atomic mass is 16.5. The van der Waals surface area contributed by atoms with Gasteiger partial charge in [0.25, 0.3) is 0 Å². The summed E-state index contributed by atoms with van der Waals surface area (Å²) in [6.07, 6.45) is 0.0159. The molecule has 0 atom stereocenters. The molecule has 3 N–H and O–H groups in total. The summed E-state index contributed by atoms with van der Waals surface area (Å²) >= 11 is 0. The molecule has 2 aromatic carbocycles. The van der Waals surface area contributed by atoms with E-state index in [1.165, 1.54) is 0 Å². The minimum atomic E-state index is -0.477. The molecule has 0 fully saturated rings. The van der Waals surface area contributed by atoms with Gasteiger partial charge in [-0.3, -0.25) is 9.59 Å². The Morgan fingerprint density at radius 2 is 1.64 bits per heavy atom. The van der Waals surface area contributed by atoms with Crippen LogP contribution < -0.4 is 20.7 Å². The van der Waals surface area contributed by atoms with Gasteiger partial charge in [-0.25, -0.2) is 0 Å². The Balaban J connectivity index is 1.95. The summed E-state index contributed by atoms with van der Waals surface area (Å²) in [5.41, 5.74) is 1.58. The van der Waals surface area contributed by atoms with E-state index in [4.69, 9.17) is 4.74 Å². The van der Waals surface area contributed by atoms with Crippen molar-refractivity contribution in [1.29, 1.82) is 0 Å². The maximum absolute atomic E-state index is 12.3. The number of anilines is 3. The second-order valence-electron chi connectivity index (χ2n) is 7.85. The van der Waals surface area contributed by atoms with Gasteiger partial charge in [0, 0.05) is 16.8 Å². The Hall–Kier alpha value is -3.02. The van der Waals surface area contributed by atoms with Gasteiger partial charge in [-0.2, -0.15) is 0 Å². The lowest BCUT2D eigenvalue weighted by Gasteiger charge is -2.18. The molecule has 0 aliphatic heterocycles. The van der Waals surface area contributed by atoms with Crippen molar-refractivity contribution in [3.05, 3.63) is 48.5 Å². The summed E-state index contributed by atoms with van der Waals surface area (Å²) < 4.78 is 5.71. The van der Waals surface area contributed by atoms with E-state index in [2.05, 4.69) is 16.0 Å². The molecular weight excluding hydrogens is 354 g/mol. The van der Waals surface area contributed by atoms with Crippen molar-refractivity contribution in [2.45, 2.75) is 40.7 Å². The lowest BCUT2D eigenvalue weighted by molar-refractivity contribution is -0.123. The molecule has 0 spiro atoms.